The van der Waals surface area contributed by atoms with Crippen molar-refractivity contribution < 1.29 is 13.6 Å². The highest BCUT2D eigenvalue weighted by Gasteiger charge is 2.29. The molecule has 0 aliphatic carbocycles. The lowest BCUT2D eigenvalue weighted by molar-refractivity contribution is -0.127. The minimum atomic E-state index is -0.864. The normalized spacial score (nSPS) is 18.6. The number of benzene rings is 1. The summed E-state index contributed by atoms with van der Waals surface area (Å²) in [6.07, 6.45) is 1.82. The molecule has 1 aromatic heterocycles. The third kappa shape index (κ3) is 2.77. The Labute approximate surface area is 125 Å². The number of rotatable bonds is 3. The number of hydrogen-bond donors (Lipinski definition) is 1. The predicted octanol–water partition coefficient (Wildman–Crippen LogP) is 3.62. The van der Waals surface area contributed by atoms with E-state index in [0.29, 0.717) is 18.0 Å². The van der Waals surface area contributed by atoms with Crippen molar-refractivity contribution in [2.45, 2.75) is 19.5 Å². The Hall–Kier alpha value is -1.92. The van der Waals surface area contributed by atoms with Gasteiger partial charge in [-0.05, 0) is 41.6 Å². The molecule has 6 heteroatoms. The average molecular weight is 308 g/mol. The monoisotopic (exact) mass is 308 g/mol. The molecule has 0 radical (unpaired) electrons. The molecule has 0 saturated carbocycles. The van der Waals surface area contributed by atoms with Gasteiger partial charge in [0.2, 0.25) is 5.88 Å². The van der Waals surface area contributed by atoms with Crippen LogP contribution < -0.4 is 5.73 Å². The van der Waals surface area contributed by atoms with E-state index < -0.39 is 11.6 Å². The van der Waals surface area contributed by atoms with Crippen molar-refractivity contribution in [1.29, 1.82) is 0 Å². The molecule has 1 atom stereocenters. The number of hydrogen-bond acceptors (Lipinski definition) is 4. The molecule has 110 valence electrons. The van der Waals surface area contributed by atoms with Gasteiger partial charge in [0, 0.05) is 11.0 Å². The van der Waals surface area contributed by atoms with Crippen LogP contribution in [0.4, 0.5) is 8.78 Å². The lowest BCUT2D eigenvalue weighted by Crippen LogP contribution is -2.23. The number of thiophene rings is 1. The van der Waals surface area contributed by atoms with E-state index in [0.717, 1.165) is 16.5 Å². The van der Waals surface area contributed by atoms with E-state index in [2.05, 4.69) is 0 Å². The molecule has 21 heavy (non-hydrogen) atoms. The molecule has 3 rings (SSSR count). The van der Waals surface area contributed by atoms with Crippen LogP contribution in [0.1, 0.15) is 22.0 Å². The van der Waals surface area contributed by atoms with E-state index in [1.54, 1.807) is 16.4 Å². The maximum Gasteiger partial charge on any atom is 0.207 e. The van der Waals surface area contributed by atoms with Crippen molar-refractivity contribution in [3.8, 4) is 0 Å². The summed E-state index contributed by atoms with van der Waals surface area (Å²) in [5, 5.41) is 3.67. The average Bonchev–Trinajstić information content (AvgIpc) is 3.00. The summed E-state index contributed by atoms with van der Waals surface area (Å²) in [7, 11) is 0. The maximum absolute atomic E-state index is 13.3. The Morgan fingerprint density at radius 2 is 2.10 bits per heavy atom. The SMILES string of the molecule is Cc1ccsc1C1C=C(N)ON1Cc1ccc(F)c(F)c1. The first kappa shape index (κ1) is 14.0. The molecule has 1 unspecified atom stereocenters. The van der Waals surface area contributed by atoms with Gasteiger partial charge in [-0.15, -0.1) is 16.4 Å². The molecule has 1 aliphatic heterocycles. The molecule has 1 aliphatic rings. The molecule has 2 aromatic rings. The number of hydroxylamine groups is 2. The molecule has 3 nitrogen and oxygen atoms in total. The van der Waals surface area contributed by atoms with Gasteiger partial charge in [0.25, 0.3) is 0 Å². The van der Waals surface area contributed by atoms with Gasteiger partial charge in [-0.25, -0.2) is 8.78 Å². The van der Waals surface area contributed by atoms with Crippen LogP contribution in [0.15, 0.2) is 41.6 Å². The number of aryl methyl sites for hydroxylation is 1. The van der Waals surface area contributed by atoms with E-state index in [1.807, 2.05) is 24.4 Å². The van der Waals surface area contributed by atoms with Crippen molar-refractivity contribution in [3.05, 3.63) is 69.2 Å². The second-order valence-corrected chi connectivity index (χ2v) is 5.84. The first-order valence-electron chi connectivity index (χ1n) is 6.44. The number of halogens is 2. The molecular weight excluding hydrogens is 294 g/mol. The summed E-state index contributed by atoms with van der Waals surface area (Å²) >= 11 is 1.61. The molecular formula is C15H14F2N2OS. The molecule has 0 spiro atoms. The van der Waals surface area contributed by atoms with Gasteiger partial charge in [0.05, 0.1) is 6.54 Å². The van der Waals surface area contributed by atoms with E-state index in [-0.39, 0.29) is 6.04 Å². The minimum absolute atomic E-state index is 0.113. The molecule has 2 heterocycles. The summed E-state index contributed by atoms with van der Waals surface area (Å²) in [6.45, 7) is 2.33. The second kappa shape index (κ2) is 5.46. The van der Waals surface area contributed by atoms with Gasteiger partial charge in [0.15, 0.2) is 11.6 Å². The fourth-order valence-corrected chi connectivity index (χ4v) is 3.30. The summed E-state index contributed by atoms with van der Waals surface area (Å²) in [5.41, 5.74) is 7.52. The topological polar surface area (TPSA) is 38.5 Å². The van der Waals surface area contributed by atoms with Gasteiger partial charge in [0.1, 0.15) is 6.04 Å². The Bertz CT molecular complexity index is 699. The van der Waals surface area contributed by atoms with Gasteiger partial charge in [-0.1, -0.05) is 6.07 Å². The van der Waals surface area contributed by atoms with Crippen LogP contribution in [-0.2, 0) is 11.4 Å². The van der Waals surface area contributed by atoms with Crippen LogP contribution >= 0.6 is 11.3 Å². The summed E-state index contributed by atoms with van der Waals surface area (Å²) < 4.78 is 26.3. The van der Waals surface area contributed by atoms with Gasteiger partial charge >= 0.3 is 0 Å². The summed E-state index contributed by atoms with van der Waals surface area (Å²) in [4.78, 5) is 6.61. The fraction of sp³-hybridized carbons (Fsp3) is 0.200. The molecule has 0 fully saturated rings. The smallest absolute Gasteiger partial charge is 0.207 e. The molecule has 2 N–H and O–H groups in total. The molecule has 0 bridgehead atoms. The fourth-order valence-electron chi connectivity index (χ4n) is 2.30. The molecule has 0 amide bonds. The van der Waals surface area contributed by atoms with Crippen molar-refractivity contribution in [2.24, 2.45) is 5.73 Å². The standard InChI is InChI=1S/C15H14F2N2OS/c1-9-4-5-21-15(9)13-7-14(18)20-19(13)8-10-2-3-11(16)12(17)6-10/h2-7,13H,8,18H2,1H3. The highest BCUT2D eigenvalue weighted by Crippen LogP contribution is 2.35. The third-order valence-electron chi connectivity index (χ3n) is 3.35. The summed E-state index contributed by atoms with van der Waals surface area (Å²) in [6, 6.07) is 5.74. The minimum Gasteiger partial charge on any atom is -0.387 e. The zero-order valence-electron chi connectivity index (χ0n) is 11.3. The maximum atomic E-state index is 13.3. The second-order valence-electron chi connectivity index (χ2n) is 4.90. The zero-order valence-corrected chi connectivity index (χ0v) is 12.2. The van der Waals surface area contributed by atoms with Gasteiger partial charge in [-0.2, -0.15) is 0 Å². The van der Waals surface area contributed by atoms with Crippen LogP contribution in [0.25, 0.3) is 0 Å². The quantitative estimate of drug-likeness (QED) is 0.941. The van der Waals surface area contributed by atoms with Crippen LogP contribution in [0.2, 0.25) is 0 Å². The van der Waals surface area contributed by atoms with Crippen molar-refractivity contribution in [1.82, 2.24) is 5.06 Å². The largest absolute Gasteiger partial charge is 0.387 e. The van der Waals surface area contributed by atoms with E-state index >= 15 is 0 Å². The van der Waals surface area contributed by atoms with Gasteiger partial charge < -0.3 is 10.6 Å². The Kier molecular flexibility index (Phi) is 3.65. The van der Waals surface area contributed by atoms with Crippen LogP contribution in [0.5, 0.6) is 0 Å². The van der Waals surface area contributed by atoms with Crippen molar-refractivity contribution >= 4 is 11.3 Å². The highest BCUT2D eigenvalue weighted by atomic mass is 32.1. The first-order chi connectivity index (χ1) is 10.0. The van der Waals surface area contributed by atoms with E-state index in [9.17, 15) is 8.78 Å². The van der Waals surface area contributed by atoms with Crippen molar-refractivity contribution in [2.75, 3.05) is 0 Å². The van der Waals surface area contributed by atoms with E-state index in [4.69, 9.17) is 10.6 Å². The van der Waals surface area contributed by atoms with Crippen LogP contribution in [-0.4, -0.2) is 5.06 Å². The predicted molar refractivity (Wildman–Crippen MR) is 77.1 cm³/mol. The first-order valence-corrected chi connectivity index (χ1v) is 7.32. The third-order valence-corrected chi connectivity index (χ3v) is 4.44. The number of nitrogens with zero attached hydrogens (tertiary/aromatic N) is 1. The van der Waals surface area contributed by atoms with Crippen LogP contribution in [0, 0.1) is 18.6 Å². The van der Waals surface area contributed by atoms with Crippen molar-refractivity contribution in [3.63, 3.8) is 0 Å². The zero-order chi connectivity index (χ0) is 15.0. The molecule has 0 saturated heterocycles. The summed E-state index contributed by atoms with van der Waals surface area (Å²) in [5.74, 6) is -1.41. The number of nitrogens with two attached hydrogens (primary N) is 1. The van der Waals surface area contributed by atoms with Gasteiger partial charge in [-0.3, -0.25) is 0 Å². The molecule has 1 aromatic carbocycles. The Morgan fingerprint density at radius 1 is 1.29 bits per heavy atom. The Morgan fingerprint density at radius 3 is 2.76 bits per heavy atom. The van der Waals surface area contributed by atoms with Crippen LogP contribution in [0.3, 0.4) is 0 Å². The van der Waals surface area contributed by atoms with E-state index in [1.165, 1.54) is 12.1 Å². The lowest BCUT2D eigenvalue weighted by atomic mass is 10.1. The highest BCUT2D eigenvalue weighted by molar-refractivity contribution is 7.10. The lowest BCUT2D eigenvalue weighted by Gasteiger charge is -2.22. The Balaban J connectivity index is 1.84.